The van der Waals surface area contributed by atoms with E-state index in [0.717, 1.165) is 29.0 Å². The van der Waals surface area contributed by atoms with Crippen LogP contribution >= 0.6 is 0 Å². The fourth-order valence-electron chi connectivity index (χ4n) is 2.32. The molecule has 0 aliphatic heterocycles. The fraction of sp³-hybridized carbons (Fsp3) is 0.375. The molecule has 1 heterocycles. The second-order valence-electron chi connectivity index (χ2n) is 5.31. The van der Waals surface area contributed by atoms with Gasteiger partial charge in [-0.3, -0.25) is 4.79 Å². The molecule has 0 spiro atoms. The SMILES string of the molecule is C=C(C)Cn1c(CCCC(=O)O)nc2cc(C)ccc21. The number of hydrogen-bond acceptors (Lipinski definition) is 2. The van der Waals surface area contributed by atoms with E-state index in [0.29, 0.717) is 12.8 Å². The molecule has 0 saturated heterocycles. The molecule has 0 aliphatic rings. The van der Waals surface area contributed by atoms with Crippen molar-refractivity contribution >= 4 is 17.0 Å². The van der Waals surface area contributed by atoms with E-state index in [9.17, 15) is 4.79 Å². The molecule has 0 unspecified atom stereocenters. The smallest absolute Gasteiger partial charge is 0.303 e. The van der Waals surface area contributed by atoms with Crippen molar-refractivity contribution in [1.29, 1.82) is 0 Å². The van der Waals surface area contributed by atoms with Crippen LogP contribution in [-0.4, -0.2) is 20.6 Å². The maximum Gasteiger partial charge on any atom is 0.303 e. The van der Waals surface area contributed by atoms with Crippen molar-refractivity contribution in [3.63, 3.8) is 0 Å². The van der Waals surface area contributed by atoms with Gasteiger partial charge < -0.3 is 9.67 Å². The molecule has 1 aromatic carbocycles. The lowest BCUT2D eigenvalue weighted by Crippen LogP contribution is -2.06. The standard InChI is InChI=1S/C16H20N2O2/c1-11(2)10-18-14-8-7-12(3)9-13(14)17-15(18)5-4-6-16(19)20/h7-9H,1,4-6,10H2,2-3H3,(H,19,20). The van der Waals surface area contributed by atoms with Crippen LogP contribution in [0.3, 0.4) is 0 Å². The maximum absolute atomic E-state index is 10.6. The van der Waals surface area contributed by atoms with E-state index in [1.807, 2.05) is 13.8 Å². The van der Waals surface area contributed by atoms with E-state index in [-0.39, 0.29) is 6.42 Å². The summed E-state index contributed by atoms with van der Waals surface area (Å²) < 4.78 is 2.14. The van der Waals surface area contributed by atoms with Gasteiger partial charge in [-0.25, -0.2) is 4.98 Å². The number of fused-ring (bicyclic) bond motifs is 1. The van der Waals surface area contributed by atoms with Crippen LogP contribution in [0.4, 0.5) is 0 Å². The van der Waals surface area contributed by atoms with Crippen LogP contribution in [0.5, 0.6) is 0 Å². The molecular weight excluding hydrogens is 252 g/mol. The van der Waals surface area contributed by atoms with Gasteiger partial charge in [0.15, 0.2) is 0 Å². The van der Waals surface area contributed by atoms with Gasteiger partial charge in [0.2, 0.25) is 0 Å². The van der Waals surface area contributed by atoms with Crippen molar-refractivity contribution in [2.45, 2.75) is 39.7 Å². The van der Waals surface area contributed by atoms with E-state index >= 15 is 0 Å². The molecular formula is C16H20N2O2. The van der Waals surface area contributed by atoms with Gasteiger partial charge in [-0.15, -0.1) is 0 Å². The lowest BCUT2D eigenvalue weighted by molar-refractivity contribution is -0.137. The number of allylic oxidation sites excluding steroid dienone is 1. The molecule has 20 heavy (non-hydrogen) atoms. The highest BCUT2D eigenvalue weighted by atomic mass is 16.4. The molecule has 0 aliphatic carbocycles. The minimum Gasteiger partial charge on any atom is -0.481 e. The van der Waals surface area contributed by atoms with Crippen LogP contribution in [0.2, 0.25) is 0 Å². The molecule has 4 heteroatoms. The number of benzene rings is 1. The predicted octanol–water partition coefficient (Wildman–Crippen LogP) is 3.33. The Morgan fingerprint density at radius 3 is 2.85 bits per heavy atom. The molecule has 106 valence electrons. The lowest BCUT2D eigenvalue weighted by Gasteiger charge is -2.08. The molecule has 0 amide bonds. The lowest BCUT2D eigenvalue weighted by atomic mass is 10.2. The number of carbonyl (C=O) groups is 1. The van der Waals surface area contributed by atoms with Crippen LogP contribution in [0.15, 0.2) is 30.4 Å². The molecule has 2 aromatic rings. The Morgan fingerprint density at radius 1 is 1.45 bits per heavy atom. The zero-order chi connectivity index (χ0) is 14.7. The average molecular weight is 272 g/mol. The third-order valence-corrected chi connectivity index (χ3v) is 3.20. The van der Waals surface area contributed by atoms with Gasteiger partial charge in [-0.05, 0) is 38.0 Å². The Kier molecular flexibility index (Phi) is 4.23. The predicted molar refractivity (Wildman–Crippen MR) is 79.9 cm³/mol. The van der Waals surface area contributed by atoms with E-state index < -0.39 is 5.97 Å². The highest BCUT2D eigenvalue weighted by molar-refractivity contribution is 5.77. The molecule has 0 radical (unpaired) electrons. The number of rotatable bonds is 6. The summed E-state index contributed by atoms with van der Waals surface area (Å²) >= 11 is 0. The first kappa shape index (κ1) is 14.3. The maximum atomic E-state index is 10.6. The van der Waals surface area contributed by atoms with Crippen LogP contribution in [0.25, 0.3) is 11.0 Å². The molecule has 0 saturated carbocycles. The highest BCUT2D eigenvalue weighted by Gasteiger charge is 2.11. The molecule has 1 aromatic heterocycles. The van der Waals surface area contributed by atoms with Crippen LogP contribution in [0.1, 0.15) is 31.2 Å². The Hall–Kier alpha value is -2.10. The van der Waals surface area contributed by atoms with Crippen molar-refractivity contribution in [1.82, 2.24) is 9.55 Å². The van der Waals surface area contributed by atoms with E-state index in [4.69, 9.17) is 5.11 Å². The number of imidazole rings is 1. The van der Waals surface area contributed by atoms with Gasteiger partial charge in [0.05, 0.1) is 11.0 Å². The first-order valence-electron chi connectivity index (χ1n) is 6.79. The molecule has 2 rings (SSSR count). The molecule has 0 atom stereocenters. The minimum absolute atomic E-state index is 0.176. The van der Waals surface area contributed by atoms with Gasteiger partial charge in [0, 0.05) is 19.4 Å². The summed E-state index contributed by atoms with van der Waals surface area (Å²) in [7, 11) is 0. The summed E-state index contributed by atoms with van der Waals surface area (Å²) in [5, 5.41) is 8.74. The number of carboxylic acid groups (broad SMARTS) is 1. The van der Waals surface area contributed by atoms with E-state index in [1.165, 1.54) is 5.56 Å². The first-order chi connectivity index (χ1) is 9.47. The number of aromatic nitrogens is 2. The summed E-state index contributed by atoms with van der Waals surface area (Å²) in [5.74, 6) is 0.179. The number of carboxylic acids is 1. The average Bonchev–Trinajstić information content (AvgIpc) is 2.65. The number of aliphatic carboxylic acids is 1. The summed E-state index contributed by atoms with van der Waals surface area (Å²) in [6.07, 6.45) is 1.45. The highest BCUT2D eigenvalue weighted by Crippen LogP contribution is 2.20. The summed E-state index contributed by atoms with van der Waals surface area (Å²) in [4.78, 5) is 15.3. The third-order valence-electron chi connectivity index (χ3n) is 3.20. The van der Waals surface area contributed by atoms with Crippen molar-refractivity contribution in [2.75, 3.05) is 0 Å². The Bertz CT molecular complexity index is 656. The van der Waals surface area contributed by atoms with Crippen molar-refractivity contribution in [3.8, 4) is 0 Å². The van der Waals surface area contributed by atoms with Crippen molar-refractivity contribution in [3.05, 3.63) is 41.7 Å². The molecule has 0 fully saturated rings. The Balaban J connectivity index is 2.35. The van der Waals surface area contributed by atoms with Gasteiger partial charge in [-0.1, -0.05) is 18.2 Å². The number of aryl methyl sites for hydroxylation is 2. The minimum atomic E-state index is -0.761. The Labute approximate surface area is 118 Å². The van der Waals surface area contributed by atoms with Crippen molar-refractivity contribution < 1.29 is 9.90 Å². The van der Waals surface area contributed by atoms with Crippen LogP contribution in [0, 0.1) is 6.92 Å². The van der Waals surface area contributed by atoms with Gasteiger partial charge >= 0.3 is 5.97 Å². The quantitative estimate of drug-likeness (QED) is 0.821. The normalized spacial score (nSPS) is 10.9. The van der Waals surface area contributed by atoms with E-state index in [2.05, 4.69) is 34.3 Å². The Morgan fingerprint density at radius 2 is 2.20 bits per heavy atom. The summed E-state index contributed by atoms with van der Waals surface area (Å²) in [6.45, 7) is 8.72. The molecule has 1 N–H and O–H groups in total. The first-order valence-corrected chi connectivity index (χ1v) is 6.79. The fourth-order valence-corrected chi connectivity index (χ4v) is 2.32. The monoisotopic (exact) mass is 272 g/mol. The topological polar surface area (TPSA) is 55.1 Å². The molecule has 4 nitrogen and oxygen atoms in total. The summed E-state index contributed by atoms with van der Waals surface area (Å²) in [6, 6.07) is 6.20. The van der Waals surface area contributed by atoms with E-state index in [1.54, 1.807) is 0 Å². The second kappa shape index (κ2) is 5.90. The third kappa shape index (κ3) is 3.26. The largest absolute Gasteiger partial charge is 0.481 e. The van der Waals surface area contributed by atoms with Gasteiger partial charge in [0.25, 0.3) is 0 Å². The van der Waals surface area contributed by atoms with Gasteiger partial charge in [0.1, 0.15) is 5.82 Å². The second-order valence-corrected chi connectivity index (χ2v) is 5.31. The van der Waals surface area contributed by atoms with Crippen LogP contribution < -0.4 is 0 Å². The molecule has 0 bridgehead atoms. The zero-order valence-corrected chi connectivity index (χ0v) is 12.0. The number of nitrogens with zero attached hydrogens (tertiary/aromatic N) is 2. The number of hydrogen-bond donors (Lipinski definition) is 1. The summed E-state index contributed by atoms with van der Waals surface area (Å²) in [5.41, 5.74) is 4.29. The van der Waals surface area contributed by atoms with Crippen LogP contribution in [-0.2, 0) is 17.8 Å². The van der Waals surface area contributed by atoms with Gasteiger partial charge in [-0.2, -0.15) is 0 Å². The van der Waals surface area contributed by atoms with Crippen molar-refractivity contribution in [2.24, 2.45) is 0 Å². The zero-order valence-electron chi connectivity index (χ0n) is 12.0.